The highest BCUT2D eigenvalue weighted by molar-refractivity contribution is 7.92. The van der Waals surface area contributed by atoms with Crippen LogP contribution < -0.4 is 20.6 Å². The van der Waals surface area contributed by atoms with Crippen LogP contribution in [-0.2, 0) is 10.0 Å². The lowest BCUT2D eigenvalue weighted by molar-refractivity contribution is 0.415. The molecule has 0 saturated carbocycles. The third kappa shape index (κ3) is 4.47. The van der Waals surface area contributed by atoms with Gasteiger partial charge >= 0.3 is 11.1 Å². The number of benzene rings is 3. The van der Waals surface area contributed by atoms with Gasteiger partial charge in [0.15, 0.2) is 0 Å². The average molecular weight is 506 g/mol. The summed E-state index contributed by atoms with van der Waals surface area (Å²) in [5.74, 6) is 0.525. The number of anilines is 1. The Morgan fingerprint density at radius 3 is 2.15 bits per heavy atom. The Bertz CT molecular complexity index is 1630. The lowest BCUT2D eigenvalue weighted by atomic mass is 10.1. The molecule has 0 unspecified atom stereocenters. The van der Waals surface area contributed by atoms with Gasteiger partial charge in [-0.1, -0.05) is 35.3 Å². The van der Waals surface area contributed by atoms with E-state index in [0.29, 0.717) is 32.4 Å². The number of H-pyrrole nitrogens is 2. The topological polar surface area (TPSA) is 121 Å². The maximum Gasteiger partial charge on any atom is 0.314 e. The molecule has 0 radical (unpaired) electrons. The first-order valence-electron chi connectivity index (χ1n) is 9.52. The number of sulfonamides is 1. The highest BCUT2D eigenvalue weighted by Crippen LogP contribution is 2.35. The maximum absolute atomic E-state index is 13.0. The molecule has 8 nitrogen and oxygen atoms in total. The van der Waals surface area contributed by atoms with Crippen molar-refractivity contribution in [1.82, 2.24) is 9.97 Å². The van der Waals surface area contributed by atoms with E-state index in [1.165, 1.54) is 25.3 Å². The summed E-state index contributed by atoms with van der Waals surface area (Å²) < 4.78 is 33.7. The van der Waals surface area contributed by atoms with E-state index in [0.717, 1.165) is 5.56 Å². The van der Waals surface area contributed by atoms with Crippen molar-refractivity contribution in [1.29, 1.82) is 0 Å². The van der Waals surface area contributed by atoms with Crippen LogP contribution in [0, 0.1) is 6.92 Å². The summed E-state index contributed by atoms with van der Waals surface area (Å²) >= 11 is 12.6. The van der Waals surface area contributed by atoms with Crippen molar-refractivity contribution in [3.8, 4) is 16.9 Å². The standard InChI is InChI=1S/C22H17Cl2N3O5S/c1-11-7-17-18(26-22(29)21(28)25-17)10-20(11)33(30,31)27-13-4-5-14(15(23)9-13)12-3-6-19(32-2)16(24)8-12/h3-10,27H,1-2H3,(H,25,28)(H,26,29). The number of nitrogens with one attached hydrogen (secondary N) is 3. The van der Waals surface area contributed by atoms with Gasteiger partial charge in [-0.05, 0) is 54.4 Å². The minimum Gasteiger partial charge on any atom is -0.495 e. The van der Waals surface area contributed by atoms with E-state index in [1.807, 2.05) is 0 Å². The van der Waals surface area contributed by atoms with Gasteiger partial charge in [-0.2, -0.15) is 0 Å². The van der Waals surface area contributed by atoms with E-state index in [-0.39, 0.29) is 16.1 Å². The number of aromatic amines is 2. The zero-order chi connectivity index (χ0) is 23.9. The van der Waals surface area contributed by atoms with E-state index < -0.39 is 21.1 Å². The molecule has 0 aliphatic rings. The van der Waals surface area contributed by atoms with E-state index in [2.05, 4.69) is 14.7 Å². The summed E-state index contributed by atoms with van der Waals surface area (Å²) in [5, 5.41) is 0.732. The molecular weight excluding hydrogens is 489 g/mol. The van der Waals surface area contributed by atoms with Gasteiger partial charge in [0.2, 0.25) is 0 Å². The third-order valence-electron chi connectivity index (χ3n) is 4.99. The Balaban J connectivity index is 1.69. The molecule has 0 bridgehead atoms. The second-order valence-corrected chi connectivity index (χ2v) is 9.69. The molecule has 11 heteroatoms. The average Bonchev–Trinajstić information content (AvgIpc) is 2.74. The lowest BCUT2D eigenvalue weighted by Gasteiger charge is -2.13. The second kappa shape index (κ2) is 8.58. The zero-order valence-electron chi connectivity index (χ0n) is 17.3. The molecule has 3 N–H and O–H groups in total. The molecule has 0 saturated heterocycles. The van der Waals surface area contributed by atoms with Crippen molar-refractivity contribution >= 4 is 49.9 Å². The first-order chi connectivity index (χ1) is 15.6. The Morgan fingerprint density at radius 1 is 0.879 bits per heavy atom. The number of aromatic nitrogens is 2. The number of aryl methyl sites for hydroxylation is 1. The summed E-state index contributed by atoms with van der Waals surface area (Å²) in [4.78, 5) is 27.9. The normalized spacial score (nSPS) is 11.5. The Labute approximate surface area is 198 Å². The number of hydrogen-bond acceptors (Lipinski definition) is 5. The largest absolute Gasteiger partial charge is 0.495 e. The van der Waals surface area contributed by atoms with Crippen LogP contribution in [0.2, 0.25) is 10.0 Å². The molecule has 4 aromatic rings. The quantitative estimate of drug-likeness (QED) is 0.349. The van der Waals surface area contributed by atoms with E-state index in [1.54, 1.807) is 37.3 Å². The van der Waals surface area contributed by atoms with Gasteiger partial charge < -0.3 is 14.7 Å². The van der Waals surface area contributed by atoms with Gasteiger partial charge in [0, 0.05) is 5.56 Å². The lowest BCUT2D eigenvalue weighted by Crippen LogP contribution is -2.29. The van der Waals surface area contributed by atoms with Crippen LogP contribution in [0.15, 0.2) is 63.0 Å². The molecule has 3 aromatic carbocycles. The van der Waals surface area contributed by atoms with Crippen LogP contribution in [0.5, 0.6) is 5.75 Å². The minimum atomic E-state index is -4.03. The number of halogens is 2. The fourth-order valence-corrected chi connectivity index (χ4v) is 5.25. The van der Waals surface area contributed by atoms with Crippen molar-refractivity contribution in [2.45, 2.75) is 11.8 Å². The summed E-state index contributed by atoms with van der Waals surface area (Å²) in [6.45, 7) is 1.58. The van der Waals surface area contributed by atoms with Gasteiger partial charge in [-0.15, -0.1) is 0 Å². The van der Waals surface area contributed by atoms with Gasteiger partial charge in [0.05, 0.1) is 38.8 Å². The van der Waals surface area contributed by atoms with Crippen molar-refractivity contribution < 1.29 is 13.2 Å². The number of fused-ring (bicyclic) bond motifs is 1. The molecule has 1 heterocycles. The molecule has 0 aliphatic heterocycles. The van der Waals surface area contributed by atoms with Gasteiger partial charge in [0.1, 0.15) is 5.75 Å². The first kappa shape index (κ1) is 22.9. The number of rotatable bonds is 5. The van der Waals surface area contributed by atoms with Crippen molar-refractivity contribution in [2.75, 3.05) is 11.8 Å². The van der Waals surface area contributed by atoms with Crippen LogP contribution in [0.3, 0.4) is 0 Å². The monoisotopic (exact) mass is 505 g/mol. The van der Waals surface area contributed by atoms with Crippen LogP contribution >= 0.6 is 23.2 Å². The minimum absolute atomic E-state index is 0.0557. The van der Waals surface area contributed by atoms with Crippen LogP contribution in [0.1, 0.15) is 5.56 Å². The molecule has 4 rings (SSSR count). The maximum atomic E-state index is 13.0. The van der Waals surface area contributed by atoms with E-state index in [4.69, 9.17) is 27.9 Å². The zero-order valence-corrected chi connectivity index (χ0v) is 19.7. The number of ether oxygens (including phenoxy) is 1. The fraction of sp³-hybridized carbons (Fsp3) is 0.0909. The van der Waals surface area contributed by atoms with Crippen molar-refractivity contribution in [3.05, 3.63) is 84.8 Å². The van der Waals surface area contributed by atoms with Crippen molar-refractivity contribution in [2.24, 2.45) is 0 Å². The summed E-state index contributed by atoms with van der Waals surface area (Å²) in [6, 6.07) is 12.7. The number of hydrogen-bond donors (Lipinski definition) is 3. The van der Waals surface area contributed by atoms with Gasteiger partial charge in [-0.3, -0.25) is 14.3 Å². The van der Waals surface area contributed by atoms with Crippen molar-refractivity contribution in [3.63, 3.8) is 0 Å². The summed E-state index contributed by atoms with van der Waals surface area (Å²) in [5.41, 5.74) is 0.853. The Kier molecular flexibility index (Phi) is 5.96. The summed E-state index contributed by atoms with van der Waals surface area (Å²) in [6.07, 6.45) is 0. The molecule has 0 fully saturated rings. The SMILES string of the molecule is COc1ccc(-c2ccc(NS(=O)(=O)c3cc4[nH]c(=O)c(=O)[nH]c4cc3C)cc2Cl)cc1Cl. The highest BCUT2D eigenvalue weighted by atomic mass is 35.5. The molecule has 0 spiro atoms. The fourth-order valence-electron chi connectivity index (χ4n) is 3.40. The van der Waals surface area contributed by atoms with Crippen LogP contribution in [-0.4, -0.2) is 25.5 Å². The van der Waals surface area contributed by atoms with E-state index in [9.17, 15) is 18.0 Å². The molecular formula is C22H17Cl2N3O5S. The number of methoxy groups -OCH3 is 1. The second-order valence-electron chi connectivity index (χ2n) is 7.22. The third-order valence-corrected chi connectivity index (χ3v) is 7.12. The predicted molar refractivity (Wildman–Crippen MR) is 129 cm³/mol. The first-order valence-corrected chi connectivity index (χ1v) is 11.8. The summed E-state index contributed by atoms with van der Waals surface area (Å²) in [7, 11) is -2.51. The molecule has 0 atom stereocenters. The Morgan fingerprint density at radius 2 is 1.55 bits per heavy atom. The molecule has 0 amide bonds. The van der Waals surface area contributed by atoms with E-state index >= 15 is 0 Å². The predicted octanol–water partition coefficient (Wildman–Crippen LogP) is 4.31. The van der Waals surface area contributed by atoms with Crippen LogP contribution in [0.25, 0.3) is 22.2 Å². The van der Waals surface area contributed by atoms with Crippen LogP contribution in [0.4, 0.5) is 5.69 Å². The highest BCUT2D eigenvalue weighted by Gasteiger charge is 2.19. The molecule has 1 aromatic heterocycles. The molecule has 170 valence electrons. The molecule has 33 heavy (non-hydrogen) atoms. The molecule has 0 aliphatic carbocycles. The Hall–Kier alpha value is -3.27. The smallest absolute Gasteiger partial charge is 0.314 e. The van der Waals surface area contributed by atoms with Gasteiger partial charge in [0.25, 0.3) is 10.0 Å². The van der Waals surface area contributed by atoms with Gasteiger partial charge in [-0.25, -0.2) is 8.42 Å².